The zero-order valence-electron chi connectivity index (χ0n) is 28.3. The Labute approximate surface area is 307 Å². The summed E-state index contributed by atoms with van der Waals surface area (Å²) in [5.74, 6) is 1.79. The van der Waals surface area contributed by atoms with Crippen LogP contribution in [0, 0.1) is 6.57 Å². The van der Waals surface area contributed by atoms with Crippen molar-refractivity contribution in [1.82, 2.24) is 19.5 Å². The third-order valence-corrected chi connectivity index (χ3v) is 9.68. The summed E-state index contributed by atoms with van der Waals surface area (Å²) in [6, 6.07) is 55.1. The number of hydrogen-bond donors (Lipinski definition) is 0. The van der Waals surface area contributed by atoms with Gasteiger partial charge in [0.1, 0.15) is 11.2 Å². The molecular formula is C46H27BN5O. The molecule has 6 nitrogen and oxygen atoms in total. The SMILES string of the molecule is [B].[C-]#[N+]c1cccc(-n2c3ccccc3c3ccccc32)c1-c1ccc2oc3ccc(-c4nc(-c5ccccc5)nc(-c5ccccc5)n4)cc3c2c1. The van der Waals surface area contributed by atoms with Crippen molar-refractivity contribution in [2.24, 2.45) is 0 Å². The van der Waals surface area contributed by atoms with Gasteiger partial charge < -0.3 is 8.98 Å². The lowest BCUT2D eigenvalue weighted by molar-refractivity contribution is 0.669. The molecule has 10 aromatic rings. The second-order valence-electron chi connectivity index (χ2n) is 12.7. The fraction of sp³-hybridized carbons (Fsp3) is 0. The number of para-hydroxylation sites is 2. The molecule has 0 aliphatic rings. The van der Waals surface area contributed by atoms with E-state index in [0.717, 1.165) is 66.5 Å². The summed E-state index contributed by atoms with van der Waals surface area (Å²) in [6.07, 6.45) is 0. The molecule has 0 N–H and O–H groups in total. The van der Waals surface area contributed by atoms with Crippen LogP contribution in [0.25, 0.3) is 99.6 Å². The van der Waals surface area contributed by atoms with Crippen LogP contribution in [0.15, 0.2) is 168 Å². The summed E-state index contributed by atoms with van der Waals surface area (Å²) in [6.45, 7) is 8.21. The molecule has 3 heterocycles. The summed E-state index contributed by atoms with van der Waals surface area (Å²) >= 11 is 0. The molecule has 3 aromatic heterocycles. The first kappa shape index (κ1) is 31.7. The van der Waals surface area contributed by atoms with Crippen molar-refractivity contribution in [3.8, 4) is 51.0 Å². The predicted octanol–water partition coefficient (Wildman–Crippen LogP) is 11.7. The molecule has 53 heavy (non-hydrogen) atoms. The third-order valence-electron chi connectivity index (χ3n) is 9.68. The van der Waals surface area contributed by atoms with Gasteiger partial charge in [0.25, 0.3) is 0 Å². The van der Waals surface area contributed by atoms with E-state index in [1.54, 1.807) is 0 Å². The molecule has 0 amide bonds. The van der Waals surface area contributed by atoms with Crippen LogP contribution in [0.1, 0.15) is 0 Å². The molecule has 245 valence electrons. The monoisotopic (exact) mass is 676 g/mol. The highest BCUT2D eigenvalue weighted by Crippen LogP contribution is 2.43. The summed E-state index contributed by atoms with van der Waals surface area (Å²) < 4.78 is 8.65. The smallest absolute Gasteiger partial charge is 0.196 e. The van der Waals surface area contributed by atoms with Crippen molar-refractivity contribution in [3.05, 3.63) is 175 Å². The van der Waals surface area contributed by atoms with Crippen molar-refractivity contribution in [3.63, 3.8) is 0 Å². The molecule has 0 aliphatic heterocycles. The Morgan fingerprint density at radius 2 is 0.943 bits per heavy atom. The Morgan fingerprint density at radius 3 is 1.51 bits per heavy atom. The molecule has 0 fully saturated rings. The molecule has 0 saturated heterocycles. The quantitative estimate of drug-likeness (QED) is 0.134. The first-order valence-electron chi connectivity index (χ1n) is 17.1. The zero-order chi connectivity index (χ0) is 34.6. The number of hydrogen-bond acceptors (Lipinski definition) is 4. The molecule has 0 spiro atoms. The average Bonchev–Trinajstić information content (AvgIpc) is 3.76. The van der Waals surface area contributed by atoms with Gasteiger partial charge in [0.15, 0.2) is 23.2 Å². The maximum Gasteiger partial charge on any atom is 0.196 e. The zero-order valence-corrected chi connectivity index (χ0v) is 28.3. The van der Waals surface area contributed by atoms with Crippen LogP contribution in [-0.4, -0.2) is 27.9 Å². The predicted molar refractivity (Wildman–Crippen MR) is 215 cm³/mol. The van der Waals surface area contributed by atoms with Crippen LogP contribution in [0.5, 0.6) is 0 Å². The average molecular weight is 677 g/mol. The molecule has 7 aromatic carbocycles. The van der Waals surface area contributed by atoms with Crippen molar-refractivity contribution >= 4 is 57.8 Å². The fourth-order valence-electron chi connectivity index (χ4n) is 7.30. The topological polar surface area (TPSA) is 61.1 Å². The van der Waals surface area contributed by atoms with Gasteiger partial charge in [-0.3, -0.25) is 0 Å². The highest BCUT2D eigenvalue weighted by atomic mass is 16.3. The van der Waals surface area contributed by atoms with Crippen LogP contribution in [0.2, 0.25) is 0 Å². The van der Waals surface area contributed by atoms with Crippen molar-refractivity contribution in [2.75, 3.05) is 0 Å². The van der Waals surface area contributed by atoms with Gasteiger partial charge in [-0.25, -0.2) is 19.8 Å². The Bertz CT molecular complexity index is 2920. The summed E-state index contributed by atoms with van der Waals surface area (Å²) in [5, 5.41) is 4.23. The summed E-state index contributed by atoms with van der Waals surface area (Å²) in [7, 11) is 0. The molecule has 7 heteroatoms. The molecule has 0 atom stereocenters. The van der Waals surface area contributed by atoms with E-state index in [1.165, 1.54) is 10.8 Å². The van der Waals surface area contributed by atoms with E-state index < -0.39 is 0 Å². The Kier molecular flexibility index (Phi) is 7.64. The summed E-state index contributed by atoms with van der Waals surface area (Å²) in [5.41, 5.74) is 9.73. The maximum absolute atomic E-state index is 8.21. The van der Waals surface area contributed by atoms with Gasteiger partial charge >= 0.3 is 0 Å². The maximum atomic E-state index is 8.21. The Balaban J connectivity index is 0.00000372. The van der Waals surface area contributed by atoms with Crippen LogP contribution in [0.4, 0.5) is 5.69 Å². The van der Waals surface area contributed by atoms with Crippen LogP contribution < -0.4 is 0 Å². The number of furan rings is 1. The van der Waals surface area contributed by atoms with Gasteiger partial charge in [0.05, 0.1) is 17.6 Å². The van der Waals surface area contributed by atoms with Crippen LogP contribution >= 0.6 is 0 Å². The lowest BCUT2D eigenvalue weighted by atomic mass is 9.98. The molecule has 3 radical (unpaired) electrons. The molecule has 0 unspecified atom stereocenters. The number of benzene rings is 7. The van der Waals surface area contributed by atoms with Gasteiger partial charge in [-0.05, 0) is 54.1 Å². The normalized spacial score (nSPS) is 11.2. The van der Waals surface area contributed by atoms with Gasteiger partial charge in [-0.2, -0.15) is 0 Å². The van der Waals surface area contributed by atoms with E-state index in [0.29, 0.717) is 23.2 Å². The Hall–Kier alpha value is -7.30. The second kappa shape index (κ2) is 12.8. The minimum atomic E-state index is 0. The van der Waals surface area contributed by atoms with Crippen molar-refractivity contribution < 1.29 is 4.42 Å². The lowest BCUT2D eigenvalue weighted by Crippen LogP contribution is -2.00. The molecule has 0 aliphatic carbocycles. The Morgan fingerprint density at radius 1 is 0.453 bits per heavy atom. The third kappa shape index (κ3) is 5.24. The molecule has 0 bridgehead atoms. The van der Waals surface area contributed by atoms with E-state index in [4.69, 9.17) is 25.9 Å². The second-order valence-corrected chi connectivity index (χ2v) is 12.7. The van der Waals surface area contributed by atoms with Crippen molar-refractivity contribution in [2.45, 2.75) is 0 Å². The first-order valence-corrected chi connectivity index (χ1v) is 17.1. The lowest BCUT2D eigenvalue weighted by Gasteiger charge is -2.16. The first-order chi connectivity index (χ1) is 25.7. The number of fused-ring (bicyclic) bond motifs is 6. The van der Waals surface area contributed by atoms with Gasteiger partial charge in [-0.15, -0.1) is 0 Å². The largest absolute Gasteiger partial charge is 0.456 e. The van der Waals surface area contributed by atoms with E-state index >= 15 is 0 Å². The van der Waals surface area contributed by atoms with Gasteiger partial charge in [-0.1, -0.05) is 115 Å². The standard InChI is InChI=1S/C46H27N5O.B/c1-47-37-19-12-22-40(51-38-20-10-8-17-33(38)34-18-9-11-21-39(34)51)43(37)31-23-25-41-35(27-31)36-28-32(24-26-42(36)52-41)46-49-44(29-13-4-2-5-14-29)48-45(50-46)30-15-6-3-7-16-30;/h2-28H;. The minimum Gasteiger partial charge on any atom is -0.456 e. The van der Waals surface area contributed by atoms with E-state index in [-0.39, 0.29) is 8.41 Å². The van der Waals surface area contributed by atoms with Crippen LogP contribution in [-0.2, 0) is 0 Å². The highest BCUT2D eigenvalue weighted by molar-refractivity contribution is 6.11. The number of aromatic nitrogens is 4. The van der Waals surface area contributed by atoms with Gasteiger partial charge in [0.2, 0.25) is 0 Å². The van der Waals surface area contributed by atoms with E-state index in [2.05, 4.69) is 82.2 Å². The van der Waals surface area contributed by atoms with Crippen LogP contribution in [0.3, 0.4) is 0 Å². The highest BCUT2D eigenvalue weighted by Gasteiger charge is 2.20. The van der Waals surface area contributed by atoms with Gasteiger partial charge in [0, 0.05) is 57.9 Å². The summed E-state index contributed by atoms with van der Waals surface area (Å²) in [4.78, 5) is 18.8. The minimum absolute atomic E-state index is 0. The molecular weight excluding hydrogens is 649 g/mol. The fourth-order valence-corrected chi connectivity index (χ4v) is 7.30. The molecule has 0 saturated carbocycles. The van der Waals surface area contributed by atoms with E-state index in [9.17, 15) is 0 Å². The molecule has 10 rings (SSSR count). The number of rotatable bonds is 5. The van der Waals surface area contributed by atoms with E-state index in [1.807, 2.05) is 91.0 Å². The number of nitrogens with zero attached hydrogens (tertiary/aromatic N) is 5. The van der Waals surface area contributed by atoms with Crippen molar-refractivity contribution in [1.29, 1.82) is 0 Å².